The molecular formula is C10H19NO3. The van der Waals surface area contributed by atoms with E-state index < -0.39 is 0 Å². The standard InChI is InChI=1S/C10H19NO3/c1-9(12)14-6-5-13-8-10-3-2-4-11-7-10/h10-11H,2-8H2,1H3. The Bertz CT molecular complexity index is 167. The lowest BCUT2D eigenvalue weighted by molar-refractivity contribution is -0.142. The minimum absolute atomic E-state index is 0.243. The first-order chi connectivity index (χ1) is 6.79. The van der Waals surface area contributed by atoms with Gasteiger partial charge >= 0.3 is 5.97 Å². The zero-order chi connectivity index (χ0) is 10.2. The average Bonchev–Trinajstić information content (AvgIpc) is 2.18. The molecule has 1 saturated heterocycles. The highest BCUT2D eigenvalue weighted by atomic mass is 16.6. The molecule has 0 aromatic rings. The highest BCUT2D eigenvalue weighted by molar-refractivity contribution is 5.65. The molecule has 0 saturated carbocycles. The Labute approximate surface area is 85.0 Å². The van der Waals surface area contributed by atoms with E-state index in [1.807, 2.05) is 0 Å². The van der Waals surface area contributed by atoms with Crippen LogP contribution in [0.1, 0.15) is 19.8 Å². The molecule has 0 spiro atoms. The maximum Gasteiger partial charge on any atom is 0.302 e. The van der Waals surface area contributed by atoms with Crippen LogP contribution in [-0.2, 0) is 14.3 Å². The van der Waals surface area contributed by atoms with Gasteiger partial charge in [0.2, 0.25) is 0 Å². The van der Waals surface area contributed by atoms with Gasteiger partial charge in [-0.3, -0.25) is 4.79 Å². The number of carbonyl (C=O) groups is 1. The normalized spacial score (nSPS) is 21.9. The Kier molecular flexibility index (Phi) is 5.56. The number of hydrogen-bond donors (Lipinski definition) is 1. The van der Waals surface area contributed by atoms with E-state index in [-0.39, 0.29) is 5.97 Å². The molecule has 4 heteroatoms. The van der Waals surface area contributed by atoms with Gasteiger partial charge in [-0.15, -0.1) is 0 Å². The summed E-state index contributed by atoms with van der Waals surface area (Å²) >= 11 is 0. The zero-order valence-corrected chi connectivity index (χ0v) is 8.75. The van der Waals surface area contributed by atoms with Crippen LogP contribution >= 0.6 is 0 Å². The van der Waals surface area contributed by atoms with E-state index in [0.717, 1.165) is 19.7 Å². The number of rotatable bonds is 5. The summed E-state index contributed by atoms with van der Waals surface area (Å²) in [7, 11) is 0. The van der Waals surface area contributed by atoms with Crippen molar-refractivity contribution < 1.29 is 14.3 Å². The van der Waals surface area contributed by atoms with Gasteiger partial charge in [-0.05, 0) is 25.3 Å². The van der Waals surface area contributed by atoms with Crippen LogP contribution in [0.4, 0.5) is 0 Å². The topological polar surface area (TPSA) is 47.6 Å². The smallest absolute Gasteiger partial charge is 0.302 e. The maximum atomic E-state index is 10.4. The lowest BCUT2D eigenvalue weighted by atomic mass is 10.0. The van der Waals surface area contributed by atoms with Gasteiger partial charge in [0.1, 0.15) is 6.61 Å². The van der Waals surface area contributed by atoms with Crippen LogP contribution in [0.15, 0.2) is 0 Å². The number of piperidine rings is 1. The molecule has 1 N–H and O–H groups in total. The average molecular weight is 201 g/mol. The lowest BCUT2D eigenvalue weighted by Gasteiger charge is -2.22. The summed E-state index contributed by atoms with van der Waals surface area (Å²) in [6.07, 6.45) is 2.47. The second kappa shape index (κ2) is 6.79. The highest BCUT2D eigenvalue weighted by Gasteiger charge is 2.12. The summed E-state index contributed by atoms with van der Waals surface area (Å²) in [6, 6.07) is 0. The monoisotopic (exact) mass is 201 g/mol. The third-order valence-corrected chi connectivity index (χ3v) is 2.29. The number of hydrogen-bond acceptors (Lipinski definition) is 4. The third-order valence-electron chi connectivity index (χ3n) is 2.29. The fraction of sp³-hybridized carbons (Fsp3) is 0.900. The van der Waals surface area contributed by atoms with Gasteiger partial charge in [-0.2, -0.15) is 0 Å². The summed E-state index contributed by atoms with van der Waals surface area (Å²) in [5.41, 5.74) is 0. The van der Waals surface area contributed by atoms with Crippen LogP contribution < -0.4 is 5.32 Å². The molecule has 1 unspecified atom stereocenters. The van der Waals surface area contributed by atoms with Gasteiger partial charge in [0.05, 0.1) is 13.2 Å². The lowest BCUT2D eigenvalue weighted by Crippen LogP contribution is -2.32. The minimum Gasteiger partial charge on any atom is -0.463 e. The van der Waals surface area contributed by atoms with Gasteiger partial charge in [0.15, 0.2) is 0 Å². The largest absolute Gasteiger partial charge is 0.463 e. The summed E-state index contributed by atoms with van der Waals surface area (Å²) in [5.74, 6) is 0.383. The minimum atomic E-state index is -0.243. The van der Waals surface area contributed by atoms with Gasteiger partial charge in [0, 0.05) is 13.5 Å². The quantitative estimate of drug-likeness (QED) is 0.521. The molecule has 0 aromatic carbocycles. The van der Waals surface area contributed by atoms with Crippen molar-refractivity contribution >= 4 is 5.97 Å². The number of nitrogens with one attached hydrogen (secondary N) is 1. The number of carbonyl (C=O) groups excluding carboxylic acids is 1. The van der Waals surface area contributed by atoms with E-state index in [9.17, 15) is 4.79 Å². The highest BCUT2D eigenvalue weighted by Crippen LogP contribution is 2.09. The molecule has 1 atom stereocenters. The fourth-order valence-electron chi connectivity index (χ4n) is 1.56. The molecule has 1 heterocycles. The zero-order valence-electron chi connectivity index (χ0n) is 8.75. The number of esters is 1. The van der Waals surface area contributed by atoms with E-state index in [1.165, 1.54) is 19.8 Å². The van der Waals surface area contributed by atoms with Crippen molar-refractivity contribution in [3.8, 4) is 0 Å². The predicted molar refractivity (Wildman–Crippen MR) is 53.0 cm³/mol. The summed E-state index contributed by atoms with van der Waals surface area (Å²) in [6.45, 7) is 5.24. The Morgan fingerprint density at radius 1 is 1.50 bits per heavy atom. The van der Waals surface area contributed by atoms with Crippen LogP contribution in [0.2, 0.25) is 0 Å². The molecule has 1 rings (SSSR count). The summed E-state index contributed by atoms with van der Waals surface area (Å²) in [4.78, 5) is 10.4. The van der Waals surface area contributed by atoms with E-state index >= 15 is 0 Å². The van der Waals surface area contributed by atoms with Crippen molar-refractivity contribution in [3.63, 3.8) is 0 Å². The first-order valence-electron chi connectivity index (χ1n) is 5.21. The van der Waals surface area contributed by atoms with Crippen LogP contribution in [0.3, 0.4) is 0 Å². The van der Waals surface area contributed by atoms with Crippen molar-refractivity contribution in [1.29, 1.82) is 0 Å². The van der Waals surface area contributed by atoms with Crippen LogP contribution in [0, 0.1) is 5.92 Å². The molecule has 0 amide bonds. The van der Waals surface area contributed by atoms with Crippen LogP contribution in [-0.4, -0.2) is 38.9 Å². The van der Waals surface area contributed by atoms with Crippen LogP contribution in [0.25, 0.3) is 0 Å². The molecule has 14 heavy (non-hydrogen) atoms. The molecule has 1 fully saturated rings. The molecule has 1 aliphatic heterocycles. The van der Waals surface area contributed by atoms with E-state index in [2.05, 4.69) is 5.32 Å². The van der Waals surface area contributed by atoms with Crippen molar-refractivity contribution in [2.45, 2.75) is 19.8 Å². The molecule has 0 bridgehead atoms. The van der Waals surface area contributed by atoms with Gasteiger partial charge in [-0.25, -0.2) is 0 Å². The Hall–Kier alpha value is -0.610. The molecule has 0 radical (unpaired) electrons. The molecule has 82 valence electrons. The molecular weight excluding hydrogens is 182 g/mol. The second-order valence-electron chi connectivity index (χ2n) is 3.63. The predicted octanol–water partition coefficient (Wildman–Crippen LogP) is 0.566. The fourth-order valence-corrected chi connectivity index (χ4v) is 1.56. The molecule has 0 aliphatic carbocycles. The first-order valence-corrected chi connectivity index (χ1v) is 5.21. The van der Waals surface area contributed by atoms with Crippen molar-refractivity contribution in [1.82, 2.24) is 5.32 Å². The Morgan fingerprint density at radius 2 is 2.36 bits per heavy atom. The van der Waals surface area contributed by atoms with Crippen LogP contribution in [0.5, 0.6) is 0 Å². The summed E-state index contributed by atoms with van der Waals surface area (Å²) < 4.78 is 10.2. The summed E-state index contributed by atoms with van der Waals surface area (Å²) in [5, 5.41) is 3.33. The van der Waals surface area contributed by atoms with Crippen molar-refractivity contribution in [3.05, 3.63) is 0 Å². The van der Waals surface area contributed by atoms with Crippen molar-refractivity contribution in [2.24, 2.45) is 5.92 Å². The van der Waals surface area contributed by atoms with Gasteiger partial charge in [0.25, 0.3) is 0 Å². The van der Waals surface area contributed by atoms with E-state index in [1.54, 1.807) is 0 Å². The van der Waals surface area contributed by atoms with Gasteiger partial charge in [-0.1, -0.05) is 0 Å². The maximum absolute atomic E-state index is 10.4. The molecule has 0 aromatic heterocycles. The third kappa shape index (κ3) is 5.19. The van der Waals surface area contributed by atoms with E-state index in [0.29, 0.717) is 19.1 Å². The SMILES string of the molecule is CC(=O)OCCOCC1CCCNC1. The van der Waals surface area contributed by atoms with E-state index in [4.69, 9.17) is 9.47 Å². The molecule has 4 nitrogen and oxygen atoms in total. The van der Waals surface area contributed by atoms with Crippen molar-refractivity contribution in [2.75, 3.05) is 32.9 Å². The van der Waals surface area contributed by atoms with Gasteiger partial charge < -0.3 is 14.8 Å². The Morgan fingerprint density at radius 3 is 3.00 bits per heavy atom. The Balaban J connectivity index is 1.90. The molecule has 1 aliphatic rings. The number of ether oxygens (including phenoxy) is 2. The second-order valence-corrected chi connectivity index (χ2v) is 3.63. The first kappa shape index (κ1) is 11.5.